The summed E-state index contributed by atoms with van der Waals surface area (Å²) in [6.45, 7) is 1.61. The Hall–Kier alpha value is -1.63. The van der Waals surface area contributed by atoms with Gasteiger partial charge in [-0.25, -0.2) is 4.79 Å². The zero-order valence-electron chi connectivity index (χ0n) is 16.3. The highest BCUT2D eigenvalue weighted by atomic mass is 16.5. The molecule has 0 aromatic rings. The molecule has 1 spiro atoms. The van der Waals surface area contributed by atoms with Crippen molar-refractivity contribution in [3.63, 3.8) is 0 Å². The summed E-state index contributed by atoms with van der Waals surface area (Å²) in [4.78, 5) is 37.8. The molecular weight excluding hydrogens is 346 g/mol. The van der Waals surface area contributed by atoms with Crippen LogP contribution < -0.4 is 10.6 Å². The van der Waals surface area contributed by atoms with Crippen molar-refractivity contribution in [2.75, 3.05) is 19.7 Å². The number of nitrogens with zero attached hydrogens (tertiary/aromatic N) is 1. The van der Waals surface area contributed by atoms with E-state index in [9.17, 15) is 14.4 Å². The molecular formula is C20H33N3O4. The van der Waals surface area contributed by atoms with Crippen molar-refractivity contribution < 1.29 is 19.1 Å². The van der Waals surface area contributed by atoms with Crippen molar-refractivity contribution in [2.45, 2.75) is 88.7 Å². The van der Waals surface area contributed by atoms with Crippen molar-refractivity contribution >= 4 is 17.8 Å². The molecule has 0 unspecified atom stereocenters. The van der Waals surface area contributed by atoms with Crippen molar-refractivity contribution in [1.82, 2.24) is 15.5 Å². The molecule has 0 bridgehead atoms. The standard InChI is InChI=1S/C20H33N3O4/c24-17(21-13-7-15-27-16-8-2-1-3-9-16)10-6-14-23-18(25)20(22-19(23)26)11-4-5-12-20/h16H,1-15H2,(H,21,24)(H,22,26). The fourth-order valence-corrected chi connectivity index (χ4v) is 4.46. The van der Waals surface area contributed by atoms with Crippen molar-refractivity contribution in [1.29, 1.82) is 0 Å². The Morgan fingerprint density at radius 2 is 1.85 bits per heavy atom. The van der Waals surface area contributed by atoms with Gasteiger partial charge in [0, 0.05) is 26.1 Å². The predicted octanol–water partition coefficient (Wildman–Crippen LogP) is 2.49. The van der Waals surface area contributed by atoms with Crippen LogP contribution in [0.4, 0.5) is 4.79 Å². The van der Waals surface area contributed by atoms with Crippen LogP contribution in [0.3, 0.4) is 0 Å². The summed E-state index contributed by atoms with van der Waals surface area (Å²) < 4.78 is 5.84. The molecule has 0 aromatic heterocycles. The highest BCUT2D eigenvalue weighted by Gasteiger charge is 2.51. The molecule has 0 aromatic carbocycles. The van der Waals surface area contributed by atoms with E-state index >= 15 is 0 Å². The van der Waals surface area contributed by atoms with Gasteiger partial charge in [0.25, 0.3) is 5.91 Å². The van der Waals surface area contributed by atoms with E-state index in [-0.39, 0.29) is 17.8 Å². The maximum absolute atomic E-state index is 12.5. The second-order valence-electron chi connectivity index (χ2n) is 8.11. The maximum atomic E-state index is 12.5. The summed E-state index contributed by atoms with van der Waals surface area (Å²) >= 11 is 0. The van der Waals surface area contributed by atoms with Crippen LogP contribution in [-0.4, -0.2) is 54.1 Å². The lowest BCUT2D eigenvalue weighted by molar-refractivity contribution is -0.131. The molecule has 2 aliphatic carbocycles. The second kappa shape index (κ2) is 9.53. The molecule has 0 radical (unpaired) electrons. The summed E-state index contributed by atoms with van der Waals surface area (Å²) in [5.41, 5.74) is -0.655. The first kappa shape index (κ1) is 20.1. The highest BCUT2D eigenvalue weighted by Crippen LogP contribution is 2.35. The number of carbonyl (C=O) groups excluding carboxylic acids is 3. The molecule has 3 rings (SSSR count). The van der Waals surface area contributed by atoms with Gasteiger partial charge in [0.15, 0.2) is 0 Å². The van der Waals surface area contributed by atoms with Crippen LogP contribution in [0.25, 0.3) is 0 Å². The first-order chi connectivity index (χ1) is 13.1. The Kier molecular flexibility index (Phi) is 7.10. The molecule has 2 saturated carbocycles. The average molecular weight is 380 g/mol. The normalized spacial score (nSPS) is 22.4. The minimum Gasteiger partial charge on any atom is -0.378 e. The van der Waals surface area contributed by atoms with Crippen molar-refractivity contribution in [2.24, 2.45) is 0 Å². The van der Waals surface area contributed by atoms with Crippen molar-refractivity contribution in [3.05, 3.63) is 0 Å². The van der Waals surface area contributed by atoms with Crippen LogP contribution in [0.2, 0.25) is 0 Å². The van der Waals surface area contributed by atoms with Gasteiger partial charge in [0.05, 0.1) is 6.10 Å². The zero-order valence-corrected chi connectivity index (χ0v) is 16.3. The van der Waals surface area contributed by atoms with Crippen LogP contribution in [-0.2, 0) is 14.3 Å². The van der Waals surface area contributed by atoms with Gasteiger partial charge in [-0.3, -0.25) is 14.5 Å². The van der Waals surface area contributed by atoms with Crippen LogP contribution >= 0.6 is 0 Å². The van der Waals surface area contributed by atoms with Gasteiger partial charge < -0.3 is 15.4 Å². The number of urea groups is 1. The van der Waals surface area contributed by atoms with Gasteiger partial charge in [-0.05, 0) is 38.5 Å². The largest absolute Gasteiger partial charge is 0.378 e. The minimum absolute atomic E-state index is 0.0321. The van der Waals surface area contributed by atoms with Gasteiger partial charge in [-0.1, -0.05) is 32.1 Å². The Balaban J connectivity index is 1.25. The van der Waals surface area contributed by atoms with Gasteiger partial charge in [0.1, 0.15) is 5.54 Å². The molecule has 7 heteroatoms. The summed E-state index contributed by atoms with van der Waals surface area (Å²) in [6, 6.07) is -0.304. The lowest BCUT2D eigenvalue weighted by atomic mass is 9.98. The molecule has 27 heavy (non-hydrogen) atoms. The number of nitrogens with one attached hydrogen (secondary N) is 2. The van der Waals surface area contributed by atoms with Gasteiger partial charge in [0.2, 0.25) is 5.91 Å². The summed E-state index contributed by atoms with van der Waals surface area (Å²) in [7, 11) is 0. The molecule has 2 N–H and O–H groups in total. The van der Waals surface area contributed by atoms with Gasteiger partial charge in [-0.2, -0.15) is 0 Å². The van der Waals surface area contributed by atoms with E-state index in [1.165, 1.54) is 24.2 Å². The SMILES string of the molecule is O=C(CCCN1C(=O)NC2(CCCC2)C1=O)NCCCOC1CCCCC1. The average Bonchev–Trinajstić information content (AvgIpc) is 3.23. The Morgan fingerprint density at radius 3 is 2.59 bits per heavy atom. The third-order valence-electron chi connectivity index (χ3n) is 6.04. The molecule has 1 aliphatic heterocycles. The molecule has 3 fully saturated rings. The zero-order chi connectivity index (χ0) is 19.1. The summed E-state index contributed by atoms with van der Waals surface area (Å²) in [6.07, 6.45) is 11.6. The van der Waals surface area contributed by atoms with E-state index in [2.05, 4.69) is 10.6 Å². The number of imide groups is 1. The van der Waals surface area contributed by atoms with Crippen LogP contribution in [0, 0.1) is 0 Å². The first-order valence-electron chi connectivity index (χ1n) is 10.6. The van der Waals surface area contributed by atoms with Crippen molar-refractivity contribution in [3.8, 4) is 0 Å². The Bertz CT molecular complexity index is 539. The van der Waals surface area contributed by atoms with E-state index in [1.807, 2.05) is 0 Å². The second-order valence-corrected chi connectivity index (χ2v) is 8.11. The molecule has 0 atom stereocenters. The highest BCUT2D eigenvalue weighted by molar-refractivity contribution is 6.07. The third kappa shape index (κ3) is 5.21. The predicted molar refractivity (Wildman–Crippen MR) is 101 cm³/mol. The Labute approximate surface area is 161 Å². The molecule has 7 nitrogen and oxygen atoms in total. The quantitative estimate of drug-likeness (QED) is 0.476. The van der Waals surface area contributed by atoms with E-state index in [0.29, 0.717) is 38.6 Å². The molecule has 4 amide bonds. The third-order valence-corrected chi connectivity index (χ3v) is 6.04. The lowest BCUT2D eigenvalue weighted by Gasteiger charge is -2.21. The molecule has 152 valence electrons. The number of hydrogen-bond acceptors (Lipinski definition) is 4. The van der Waals surface area contributed by atoms with E-state index in [0.717, 1.165) is 44.9 Å². The van der Waals surface area contributed by atoms with E-state index < -0.39 is 5.54 Å². The fourth-order valence-electron chi connectivity index (χ4n) is 4.46. The summed E-state index contributed by atoms with van der Waals surface area (Å²) in [5, 5.41) is 5.76. The summed E-state index contributed by atoms with van der Waals surface area (Å²) in [5.74, 6) is -0.138. The van der Waals surface area contributed by atoms with Crippen LogP contribution in [0.15, 0.2) is 0 Å². The topological polar surface area (TPSA) is 87.7 Å². The smallest absolute Gasteiger partial charge is 0.325 e. The number of hydrogen-bond donors (Lipinski definition) is 2. The van der Waals surface area contributed by atoms with E-state index in [1.54, 1.807) is 0 Å². The number of ether oxygens (including phenoxy) is 1. The van der Waals surface area contributed by atoms with E-state index in [4.69, 9.17) is 4.74 Å². The molecule has 3 aliphatic rings. The number of amides is 4. The van der Waals surface area contributed by atoms with Crippen LogP contribution in [0.5, 0.6) is 0 Å². The van der Waals surface area contributed by atoms with Crippen LogP contribution in [0.1, 0.15) is 77.0 Å². The monoisotopic (exact) mass is 379 g/mol. The lowest BCUT2D eigenvalue weighted by Crippen LogP contribution is -2.44. The number of rotatable bonds is 9. The molecule has 1 saturated heterocycles. The maximum Gasteiger partial charge on any atom is 0.325 e. The fraction of sp³-hybridized carbons (Fsp3) is 0.850. The first-order valence-corrected chi connectivity index (χ1v) is 10.6. The van der Waals surface area contributed by atoms with Gasteiger partial charge >= 0.3 is 6.03 Å². The van der Waals surface area contributed by atoms with Gasteiger partial charge in [-0.15, -0.1) is 0 Å². The Morgan fingerprint density at radius 1 is 1.11 bits per heavy atom. The molecule has 1 heterocycles. The number of carbonyl (C=O) groups is 3. The minimum atomic E-state index is -0.655.